The molecule has 2 N–H and O–H groups in total. The summed E-state index contributed by atoms with van der Waals surface area (Å²) in [6, 6.07) is 0.514. The van der Waals surface area contributed by atoms with Crippen LogP contribution in [0.2, 0.25) is 0 Å². The van der Waals surface area contributed by atoms with E-state index >= 15 is 0 Å². The quantitative estimate of drug-likeness (QED) is 0.650. The van der Waals surface area contributed by atoms with Gasteiger partial charge in [0.15, 0.2) is 0 Å². The van der Waals surface area contributed by atoms with Crippen molar-refractivity contribution < 1.29 is 0 Å². The first-order chi connectivity index (χ1) is 5.99. The molecule has 0 aromatic carbocycles. The average Bonchev–Trinajstić information content (AvgIpc) is 2.77. The molecule has 0 heterocycles. The number of nitrogens with two attached hydrogens (primary N) is 1. The van der Waals surface area contributed by atoms with Gasteiger partial charge in [0, 0.05) is 6.04 Å². The molecule has 78 valence electrons. The Hall–Kier alpha value is -0.0400. The SMILES string of the molecule is CC(C)(C)CCCCC(N)C1CC1. The van der Waals surface area contributed by atoms with Crippen molar-refractivity contribution in [2.75, 3.05) is 0 Å². The summed E-state index contributed by atoms with van der Waals surface area (Å²) in [6.45, 7) is 6.94. The summed E-state index contributed by atoms with van der Waals surface area (Å²) >= 11 is 0. The smallest absolute Gasteiger partial charge is 0.00671 e. The van der Waals surface area contributed by atoms with E-state index in [0.717, 1.165) is 5.92 Å². The Labute approximate surface area is 83.1 Å². The van der Waals surface area contributed by atoms with Crippen molar-refractivity contribution >= 4 is 0 Å². The molecule has 1 heteroatoms. The van der Waals surface area contributed by atoms with Gasteiger partial charge >= 0.3 is 0 Å². The molecule has 1 fully saturated rings. The molecule has 0 saturated heterocycles. The average molecular weight is 183 g/mol. The van der Waals surface area contributed by atoms with Crippen LogP contribution in [0.1, 0.15) is 59.3 Å². The molecule has 1 unspecified atom stereocenters. The zero-order valence-corrected chi connectivity index (χ0v) is 9.47. The van der Waals surface area contributed by atoms with Crippen LogP contribution in [0, 0.1) is 11.3 Å². The maximum atomic E-state index is 6.03. The van der Waals surface area contributed by atoms with Crippen LogP contribution < -0.4 is 5.73 Å². The molecule has 0 spiro atoms. The Balaban J connectivity index is 1.94. The van der Waals surface area contributed by atoms with E-state index in [1.807, 2.05) is 0 Å². The van der Waals surface area contributed by atoms with Crippen LogP contribution >= 0.6 is 0 Å². The zero-order valence-electron chi connectivity index (χ0n) is 9.47. The second-order valence-corrected chi connectivity index (χ2v) is 5.81. The Bertz CT molecular complexity index is 142. The molecule has 1 rings (SSSR count). The number of hydrogen-bond donors (Lipinski definition) is 1. The monoisotopic (exact) mass is 183 g/mol. The van der Waals surface area contributed by atoms with Crippen molar-refractivity contribution in [1.82, 2.24) is 0 Å². The molecule has 1 aliphatic rings. The Morgan fingerprint density at radius 2 is 1.85 bits per heavy atom. The highest BCUT2D eigenvalue weighted by Gasteiger charge is 2.27. The molecular formula is C12H25N. The van der Waals surface area contributed by atoms with Crippen LogP contribution in [0.3, 0.4) is 0 Å². The molecule has 0 bridgehead atoms. The molecule has 0 radical (unpaired) electrons. The summed E-state index contributed by atoms with van der Waals surface area (Å²) in [7, 11) is 0. The highest BCUT2D eigenvalue weighted by Crippen LogP contribution is 2.33. The van der Waals surface area contributed by atoms with Gasteiger partial charge in [-0.2, -0.15) is 0 Å². The summed E-state index contributed by atoms with van der Waals surface area (Å²) < 4.78 is 0. The summed E-state index contributed by atoms with van der Waals surface area (Å²) in [5.74, 6) is 0.884. The first kappa shape index (κ1) is 11.0. The van der Waals surface area contributed by atoms with E-state index in [0.29, 0.717) is 11.5 Å². The fraction of sp³-hybridized carbons (Fsp3) is 1.00. The number of unbranched alkanes of at least 4 members (excludes halogenated alkanes) is 1. The van der Waals surface area contributed by atoms with Gasteiger partial charge < -0.3 is 5.73 Å². The lowest BCUT2D eigenvalue weighted by molar-refractivity contribution is 0.352. The molecule has 1 nitrogen and oxygen atoms in total. The van der Waals surface area contributed by atoms with Crippen molar-refractivity contribution in [3.05, 3.63) is 0 Å². The zero-order chi connectivity index (χ0) is 9.90. The first-order valence-corrected chi connectivity index (χ1v) is 5.74. The Kier molecular flexibility index (Phi) is 3.78. The van der Waals surface area contributed by atoms with Crippen molar-refractivity contribution in [2.45, 2.75) is 65.3 Å². The topological polar surface area (TPSA) is 26.0 Å². The predicted molar refractivity (Wildman–Crippen MR) is 58.6 cm³/mol. The fourth-order valence-corrected chi connectivity index (χ4v) is 1.80. The molecule has 1 aliphatic carbocycles. The Morgan fingerprint density at radius 1 is 1.23 bits per heavy atom. The highest BCUT2D eigenvalue weighted by atomic mass is 14.7. The van der Waals surface area contributed by atoms with Gasteiger partial charge in [-0.25, -0.2) is 0 Å². The van der Waals surface area contributed by atoms with Gasteiger partial charge in [0.2, 0.25) is 0 Å². The molecule has 13 heavy (non-hydrogen) atoms. The first-order valence-electron chi connectivity index (χ1n) is 5.74. The third-order valence-electron chi connectivity index (χ3n) is 2.94. The fourth-order valence-electron chi connectivity index (χ4n) is 1.80. The lowest BCUT2D eigenvalue weighted by atomic mass is 9.89. The summed E-state index contributed by atoms with van der Waals surface area (Å²) in [4.78, 5) is 0. The van der Waals surface area contributed by atoms with E-state index in [9.17, 15) is 0 Å². The van der Waals surface area contributed by atoms with E-state index < -0.39 is 0 Å². The van der Waals surface area contributed by atoms with Crippen LogP contribution in [0.15, 0.2) is 0 Å². The molecular weight excluding hydrogens is 158 g/mol. The number of rotatable bonds is 5. The largest absolute Gasteiger partial charge is 0.327 e. The second-order valence-electron chi connectivity index (χ2n) is 5.81. The van der Waals surface area contributed by atoms with Crippen molar-refractivity contribution in [2.24, 2.45) is 17.1 Å². The van der Waals surface area contributed by atoms with Gasteiger partial charge in [-0.15, -0.1) is 0 Å². The lowest BCUT2D eigenvalue weighted by Gasteiger charge is -2.18. The maximum Gasteiger partial charge on any atom is 0.00671 e. The molecule has 1 atom stereocenters. The third kappa shape index (κ3) is 5.30. The standard InChI is InChI=1S/C12H25N/c1-12(2,3)9-5-4-6-11(13)10-7-8-10/h10-11H,4-9,13H2,1-3H3. The molecule has 1 saturated carbocycles. The van der Waals surface area contributed by atoms with Gasteiger partial charge in [-0.05, 0) is 37.0 Å². The van der Waals surface area contributed by atoms with Gasteiger partial charge in [0.25, 0.3) is 0 Å². The minimum atomic E-state index is 0.504. The molecule has 0 aromatic heterocycles. The van der Waals surface area contributed by atoms with Crippen molar-refractivity contribution in [1.29, 1.82) is 0 Å². The van der Waals surface area contributed by atoms with E-state index in [1.54, 1.807) is 0 Å². The van der Waals surface area contributed by atoms with Crippen LogP contribution in [-0.2, 0) is 0 Å². The minimum Gasteiger partial charge on any atom is -0.327 e. The third-order valence-corrected chi connectivity index (χ3v) is 2.94. The van der Waals surface area contributed by atoms with Crippen LogP contribution in [0.4, 0.5) is 0 Å². The Morgan fingerprint density at radius 3 is 2.31 bits per heavy atom. The van der Waals surface area contributed by atoms with E-state index in [4.69, 9.17) is 5.73 Å². The van der Waals surface area contributed by atoms with Gasteiger partial charge in [0.1, 0.15) is 0 Å². The van der Waals surface area contributed by atoms with E-state index in [-0.39, 0.29) is 0 Å². The second kappa shape index (κ2) is 4.45. The van der Waals surface area contributed by atoms with Gasteiger partial charge in [-0.3, -0.25) is 0 Å². The van der Waals surface area contributed by atoms with Crippen LogP contribution in [0.5, 0.6) is 0 Å². The van der Waals surface area contributed by atoms with E-state index in [1.165, 1.54) is 38.5 Å². The molecule has 0 aromatic rings. The lowest BCUT2D eigenvalue weighted by Crippen LogP contribution is -2.22. The summed E-state index contributed by atoms with van der Waals surface area (Å²) in [5.41, 5.74) is 6.53. The molecule has 0 amide bonds. The van der Waals surface area contributed by atoms with Crippen LogP contribution in [0.25, 0.3) is 0 Å². The van der Waals surface area contributed by atoms with Crippen LogP contribution in [-0.4, -0.2) is 6.04 Å². The maximum absolute atomic E-state index is 6.03. The van der Waals surface area contributed by atoms with Gasteiger partial charge in [0.05, 0.1) is 0 Å². The number of hydrogen-bond acceptors (Lipinski definition) is 1. The predicted octanol–water partition coefficient (Wildman–Crippen LogP) is 3.33. The minimum absolute atomic E-state index is 0.504. The summed E-state index contributed by atoms with van der Waals surface area (Å²) in [5, 5.41) is 0. The van der Waals surface area contributed by atoms with Gasteiger partial charge in [-0.1, -0.05) is 33.6 Å². The highest BCUT2D eigenvalue weighted by molar-refractivity contribution is 4.83. The van der Waals surface area contributed by atoms with E-state index in [2.05, 4.69) is 20.8 Å². The van der Waals surface area contributed by atoms with Crippen molar-refractivity contribution in [3.63, 3.8) is 0 Å². The normalized spacial score (nSPS) is 20.3. The summed E-state index contributed by atoms with van der Waals surface area (Å²) in [6.07, 6.45) is 8.05. The molecule has 0 aliphatic heterocycles. The van der Waals surface area contributed by atoms with Crippen molar-refractivity contribution in [3.8, 4) is 0 Å².